The molecule has 160 valence electrons. The van der Waals surface area contributed by atoms with Crippen LogP contribution in [0.15, 0.2) is 52.8 Å². The summed E-state index contributed by atoms with van der Waals surface area (Å²) in [5.41, 5.74) is 3.20. The van der Waals surface area contributed by atoms with Gasteiger partial charge in [0, 0.05) is 24.3 Å². The van der Waals surface area contributed by atoms with Crippen LogP contribution in [0.25, 0.3) is 11.3 Å². The highest BCUT2D eigenvalue weighted by Gasteiger charge is 2.27. The van der Waals surface area contributed by atoms with Crippen molar-refractivity contribution in [1.29, 1.82) is 0 Å². The Morgan fingerprint density at radius 1 is 1.26 bits per heavy atom. The van der Waals surface area contributed by atoms with Crippen LogP contribution in [0.4, 0.5) is 15.9 Å². The van der Waals surface area contributed by atoms with E-state index in [1.165, 1.54) is 12.1 Å². The summed E-state index contributed by atoms with van der Waals surface area (Å²) in [4.78, 5) is 18.7. The number of nitrogens with two attached hydrogens (primary N) is 1. The van der Waals surface area contributed by atoms with Gasteiger partial charge < -0.3 is 20.6 Å². The first-order valence-corrected chi connectivity index (χ1v) is 10.1. The third kappa shape index (κ3) is 4.36. The molecule has 8 nitrogen and oxygen atoms in total. The van der Waals surface area contributed by atoms with Crippen molar-refractivity contribution in [2.75, 3.05) is 18.4 Å². The van der Waals surface area contributed by atoms with Gasteiger partial charge in [-0.3, -0.25) is 4.79 Å². The number of fused-ring (bicyclic) bond motifs is 1. The van der Waals surface area contributed by atoms with Crippen LogP contribution < -0.4 is 11.2 Å². The van der Waals surface area contributed by atoms with Crippen molar-refractivity contribution in [3.63, 3.8) is 0 Å². The zero-order chi connectivity index (χ0) is 22.0. The fraction of sp³-hybridized carbons (Fsp3) is 0.238. The number of nitrogens with one attached hydrogen (secondary N) is 1. The molecule has 2 heterocycles. The smallest absolute Gasteiger partial charge is 0.246 e. The maximum atomic E-state index is 14.2. The van der Waals surface area contributed by atoms with Gasteiger partial charge in [-0.2, -0.15) is 5.11 Å². The van der Waals surface area contributed by atoms with E-state index in [0.29, 0.717) is 36.7 Å². The van der Waals surface area contributed by atoms with Crippen molar-refractivity contribution < 1.29 is 9.18 Å². The maximum absolute atomic E-state index is 14.2. The molecule has 1 amide bonds. The number of benzene rings is 2. The van der Waals surface area contributed by atoms with Crippen molar-refractivity contribution in [1.82, 2.24) is 14.5 Å². The standard InChI is InChI=1S/C21H21ClFN7O/c1-13-2-5-15(6-3-13)26-21-20(14-4-7-16(22)17(23)10-14)27-18-12-29(8-9-30(18)21)19(31)11-25-28-24/h2-7,10,26H,8-9,11-12H2,1H3,(H2,24,25). The second-order valence-corrected chi connectivity index (χ2v) is 7.63. The van der Waals surface area contributed by atoms with Crippen molar-refractivity contribution in [3.8, 4) is 11.3 Å². The first-order chi connectivity index (χ1) is 15.0. The minimum absolute atomic E-state index is 0.0478. The third-order valence-electron chi connectivity index (χ3n) is 5.12. The van der Waals surface area contributed by atoms with Crippen LogP contribution in [-0.2, 0) is 17.9 Å². The highest BCUT2D eigenvalue weighted by molar-refractivity contribution is 6.30. The van der Waals surface area contributed by atoms with Crippen molar-refractivity contribution >= 4 is 29.0 Å². The first-order valence-electron chi connectivity index (χ1n) is 9.69. The number of rotatable bonds is 5. The van der Waals surface area contributed by atoms with E-state index < -0.39 is 5.82 Å². The average Bonchev–Trinajstić information content (AvgIpc) is 3.13. The maximum Gasteiger partial charge on any atom is 0.246 e. The Labute approximate surface area is 183 Å². The van der Waals surface area contributed by atoms with Crippen LogP contribution in [0.3, 0.4) is 0 Å². The summed E-state index contributed by atoms with van der Waals surface area (Å²) in [6.07, 6.45) is 0. The summed E-state index contributed by atoms with van der Waals surface area (Å²) in [5, 5.41) is 10.2. The van der Waals surface area contributed by atoms with Crippen LogP contribution >= 0.6 is 11.6 Å². The molecule has 1 aliphatic rings. The second kappa shape index (κ2) is 8.73. The Morgan fingerprint density at radius 3 is 2.74 bits per heavy atom. The monoisotopic (exact) mass is 441 g/mol. The van der Waals surface area contributed by atoms with Gasteiger partial charge in [0.2, 0.25) is 5.91 Å². The molecule has 1 aromatic heterocycles. The van der Waals surface area contributed by atoms with Gasteiger partial charge in [0.05, 0.1) is 11.6 Å². The minimum Gasteiger partial charge on any atom is -0.340 e. The number of imidazole rings is 1. The molecule has 0 aliphatic carbocycles. The Morgan fingerprint density at radius 2 is 2.03 bits per heavy atom. The lowest BCUT2D eigenvalue weighted by atomic mass is 10.1. The van der Waals surface area contributed by atoms with E-state index in [-0.39, 0.29) is 17.5 Å². The molecule has 0 saturated carbocycles. The zero-order valence-electron chi connectivity index (χ0n) is 16.8. The molecular weight excluding hydrogens is 421 g/mol. The third-order valence-corrected chi connectivity index (χ3v) is 5.43. The number of aromatic nitrogens is 2. The molecule has 3 aromatic rings. The van der Waals surface area contributed by atoms with Gasteiger partial charge in [0.15, 0.2) is 0 Å². The number of halogens is 2. The molecule has 0 unspecified atom stereocenters. The summed E-state index contributed by atoms with van der Waals surface area (Å²) in [7, 11) is 0. The van der Waals surface area contributed by atoms with Gasteiger partial charge in [-0.1, -0.05) is 40.6 Å². The molecule has 10 heteroatoms. The predicted octanol–water partition coefficient (Wildman–Crippen LogP) is 4.06. The Balaban J connectivity index is 1.73. The van der Waals surface area contributed by atoms with Gasteiger partial charge in [0.1, 0.15) is 29.7 Å². The summed E-state index contributed by atoms with van der Waals surface area (Å²) >= 11 is 5.86. The van der Waals surface area contributed by atoms with Crippen LogP contribution in [0, 0.1) is 12.7 Å². The molecule has 31 heavy (non-hydrogen) atoms. The molecule has 3 N–H and O–H groups in total. The largest absolute Gasteiger partial charge is 0.340 e. The SMILES string of the molecule is Cc1ccc(Nc2c(-c3ccc(Cl)c(F)c3)nc3n2CCN(C(=O)CN=NN)C3)cc1. The molecule has 0 fully saturated rings. The van der Waals surface area contributed by atoms with Gasteiger partial charge in [0.25, 0.3) is 0 Å². The minimum atomic E-state index is -0.518. The van der Waals surface area contributed by atoms with Crippen LogP contribution in [0.2, 0.25) is 5.02 Å². The number of hydrogen-bond acceptors (Lipinski definition) is 5. The fourth-order valence-electron chi connectivity index (χ4n) is 3.49. The molecular formula is C21H21ClFN7O. The molecule has 4 rings (SSSR count). The highest BCUT2D eigenvalue weighted by Crippen LogP contribution is 2.34. The number of carbonyl (C=O) groups excluding carboxylic acids is 1. The second-order valence-electron chi connectivity index (χ2n) is 7.23. The van der Waals surface area contributed by atoms with Gasteiger partial charge in [-0.15, -0.1) is 0 Å². The number of aryl methyl sites for hydroxylation is 1. The van der Waals surface area contributed by atoms with E-state index in [2.05, 4.69) is 15.7 Å². The highest BCUT2D eigenvalue weighted by atomic mass is 35.5. The number of anilines is 2. The van der Waals surface area contributed by atoms with Gasteiger partial charge in [-0.25, -0.2) is 9.37 Å². The number of hydrogen-bond donors (Lipinski definition) is 2. The number of amides is 1. The quantitative estimate of drug-likeness (QED) is 0.354. The lowest BCUT2D eigenvalue weighted by molar-refractivity contribution is -0.131. The normalized spacial score (nSPS) is 13.5. The topological polar surface area (TPSA) is 101 Å². The summed E-state index contributed by atoms with van der Waals surface area (Å²) in [6.45, 7) is 3.22. The van der Waals surface area contributed by atoms with E-state index in [0.717, 1.165) is 17.1 Å². The van der Waals surface area contributed by atoms with Crippen molar-refractivity contribution in [3.05, 3.63) is 64.7 Å². The predicted molar refractivity (Wildman–Crippen MR) is 116 cm³/mol. The Kier molecular flexibility index (Phi) is 5.85. The first kappa shape index (κ1) is 20.8. The molecule has 0 saturated heterocycles. The molecule has 0 atom stereocenters. The average molecular weight is 442 g/mol. The number of nitrogens with zero attached hydrogens (tertiary/aromatic N) is 5. The number of carbonyl (C=O) groups is 1. The fourth-order valence-corrected chi connectivity index (χ4v) is 3.61. The van der Waals surface area contributed by atoms with Crippen LogP contribution in [0.1, 0.15) is 11.4 Å². The van der Waals surface area contributed by atoms with Crippen LogP contribution in [0.5, 0.6) is 0 Å². The molecule has 0 radical (unpaired) electrons. The Bertz CT molecular complexity index is 1140. The summed E-state index contributed by atoms with van der Waals surface area (Å²) in [6, 6.07) is 12.5. The van der Waals surface area contributed by atoms with Gasteiger partial charge in [-0.05, 0) is 31.2 Å². The zero-order valence-corrected chi connectivity index (χ0v) is 17.6. The van der Waals surface area contributed by atoms with E-state index in [9.17, 15) is 9.18 Å². The molecule has 0 bridgehead atoms. The van der Waals surface area contributed by atoms with Crippen molar-refractivity contribution in [2.45, 2.75) is 20.0 Å². The summed E-state index contributed by atoms with van der Waals surface area (Å²) < 4.78 is 16.2. The summed E-state index contributed by atoms with van der Waals surface area (Å²) in [5.74, 6) is 5.71. The molecule has 1 aliphatic heterocycles. The van der Waals surface area contributed by atoms with E-state index in [4.69, 9.17) is 22.4 Å². The van der Waals surface area contributed by atoms with E-state index in [1.54, 1.807) is 11.0 Å². The van der Waals surface area contributed by atoms with Crippen molar-refractivity contribution in [2.24, 2.45) is 16.2 Å². The lowest BCUT2D eigenvalue weighted by Gasteiger charge is -2.28. The van der Waals surface area contributed by atoms with E-state index >= 15 is 0 Å². The molecule has 2 aromatic carbocycles. The van der Waals surface area contributed by atoms with Crippen LogP contribution in [-0.4, -0.2) is 33.4 Å². The lowest BCUT2D eigenvalue weighted by Crippen LogP contribution is -2.39. The van der Waals surface area contributed by atoms with E-state index in [1.807, 2.05) is 35.8 Å². The Hall–Kier alpha value is -3.46. The molecule has 0 spiro atoms. The van der Waals surface area contributed by atoms with Gasteiger partial charge >= 0.3 is 0 Å².